The molecule has 1 fully saturated rings. The highest BCUT2D eigenvalue weighted by Crippen LogP contribution is 2.31. The van der Waals surface area contributed by atoms with Crippen molar-refractivity contribution in [2.45, 2.75) is 19.5 Å². The lowest BCUT2D eigenvalue weighted by Gasteiger charge is -2.15. The minimum Gasteiger partial charge on any atom is -0.493 e. The van der Waals surface area contributed by atoms with Crippen molar-refractivity contribution in [3.63, 3.8) is 0 Å². The summed E-state index contributed by atoms with van der Waals surface area (Å²) in [6.45, 7) is -2.29. The van der Waals surface area contributed by atoms with Crippen LogP contribution in [0.4, 0.5) is 20.2 Å². The molecule has 2 amide bonds. The molecule has 0 atom stereocenters. The van der Waals surface area contributed by atoms with Crippen LogP contribution >= 0.6 is 0 Å². The van der Waals surface area contributed by atoms with Crippen LogP contribution < -0.4 is 19.7 Å². The quantitative estimate of drug-likeness (QED) is 0.709. The van der Waals surface area contributed by atoms with Crippen molar-refractivity contribution in [2.75, 3.05) is 23.9 Å². The van der Waals surface area contributed by atoms with Crippen LogP contribution in [0.5, 0.6) is 11.5 Å². The molecule has 1 saturated heterocycles. The second-order valence-corrected chi connectivity index (χ2v) is 6.31. The molecule has 6 nitrogen and oxygen atoms in total. The summed E-state index contributed by atoms with van der Waals surface area (Å²) in [7, 11) is 1.33. The van der Waals surface area contributed by atoms with Gasteiger partial charge in [0.2, 0.25) is 11.8 Å². The first kappa shape index (κ1) is 20.3. The summed E-state index contributed by atoms with van der Waals surface area (Å²) in [5.74, 6) is -0.356. The average molecular weight is 402 g/mol. The molecule has 0 unspecified atom stereocenters. The summed E-state index contributed by atoms with van der Waals surface area (Å²) >= 11 is 0. The predicted molar refractivity (Wildman–Crippen MR) is 105 cm³/mol. The molecule has 0 spiro atoms. The van der Waals surface area contributed by atoms with Crippen molar-refractivity contribution >= 4 is 29.3 Å². The van der Waals surface area contributed by atoms with Gasteiger partial charge >= 0.3 is 6.61 Å². The highest BCUT2D eigenvalue weighted by Gasteiger charge is 2.21. The number of hydrogen-bond donors (Lipinski definition) is 1. The third kappa shape index (κ3) is 5.31. The van der Waals surface area contributed by atoms with Gasteiger partial charge in [0.1, 0.15) is 0 Å². The molecule has 0 saturated carbocycles. The highest BCUT2D eigenvalue weighted by atomic mass is 19.3. The molecule has 1 heterocycles. The van der Waals surface area contributed by atoms with Crippen LogP contribution in [0.15, 0.2) is 48.5 Å². The van der Waals surface area contributed by atoms with Gasteiger partial charge in [-0.2, -0.15) is 8.78 Å². The molecule has 8 heteroatoms. The predicted octanol–water partition coefficient (Wildman–Crippen LogP) is 4.08. The number of halogens is 2. The number of carbonyl (C=O) groups is 2. The van der Waals surface area contributed by atoms with Crippen molar-refractivity contribution in [1.82, 2.24) is 0 Å². The molecule has 0 radical (unpaired) electrons. The molecular weight excluding hydrogens is 382 g/mol. The summed E-state index contributed by atoms with van der Waals surface area (Å²) < 4.78 is 34.3. The van der Waals surface area contributed by atoms with Gasteiger partial charge < -0.3 is 19.7 Å². The molecule has 152 valence electrons. The van der Waals surface area contributed by atoms with E-state index in [2.05, 4.69) is 10.1 Å². The number of amides is 2. The minimum atomic E-state index is -3.01. The SMILES string of the molecule is COc1ccc(NC(=O)C=Cc2ccc(N3CCCC3=O)cc2)cc1OC(F)F. The van der Waals surface area contributed by atoms with Crippen molar-refractivity contribution in [1.29, 1.82) is 0 Å². The maximum Gasteiger partial charge on any atom is 0.387 e. The van der Waals surface area contributed by atoms with Crippen LogP contribution in [0.25, 0.3) is 6.08 Å². The summed E-state index contributed by atoms with van der Waals surface area (Å²) in [5, 5.41) is 2.58. The summed E-state index contributed by atoms with van der Waals surface area (Å²) in [6, 6.07) is 11.5. The molecule has 1 aliphatic rings. The Balaban J connectivity index is 1.63. The number of ether oxygens (including phenoxy) is 2. The van der Waals surface area contributed by atoms with Crippen LogP contribution in [0.1, 0.15) is 18.4 Å². The third-order valence-electron chi connectivity index (χ3n) is 4.35. The Morgan fingerprint density at radius 2 is 1.93 bits per heavy atom. The van der Waals surface area contributed by atoms with Crippen LogP contribution in [0.2, 0.25) is 0 Å². The molecule has 0 aromatic heterocycles. The normalized spacial score (nSPS) is 13.9. The minimum absolute atomic E-state index is 0.113. The Bertz CT molecular complexity index is 913. The summed E-state index contributed by atoms with van der Waals surface area (Å²) in [5.41, 5.74) is 1.91. The summed E-state index contributed by atoms with van der Waals surface area (Å²) in [4.78, 5) is 25.6. The van der Waals surface area contributed by atoms with E-state index in [1.807, 2.05) is 24.3 Å². The largest absolute Gasteiger partial charge is 0.493 e. The Morgan fingerprint density at radius 1 is 1.17 bits per heavy atom. The maximum absolute atomic E-state index is 12.5. The van der Waals surface area contributed by atoms with Gasteiger partial charge in [0.25, 0.3) is 0 Å². The Morgan fingerprint density at radius 3 is 2.55 bits per heavy atom. The number of carbonyl (C=O) groups excluding carboxylic acids is 2. The first-order valence-corrected chi connectivity index (χ1v) is 8.98. The molecule has 3 rings (SSSR count). The number of anilines is 2. The van der Waals surface area contributed by atoms with E-state index in [1.54, 1.807) is 11.0 Å². The fourth-order valence-corrected chi connectivity index (χ4v) is 2.98. The third-order valence-corrected chi connectivity index (χ3v) is 4.35. The zero-order chi connectivity index (χ0) is 20.8. The van der Waals surface area contributed by atoms with Crippen molar-refractivity contribution in [3.8, 4) is 11.5 Å². The van der Waals surface area contributed by atoms with Gasteiger partial charge in [-0.15, -0.1) is 0 Å². The second-order valence-electron chi connectivity index (χ2n) is 6.31. The molecule has 1 aliphatic heterocycles. The first-order chi connectivity index (χ1) is 14.0. The topological polar surface area (TPSA) is 67.9 Å². The zero-order valence-corrected chi connectivity index (χ0v) is 15.7. The van der Waals surface area contributed by atoms with Crippen molar-refractivity contribution in [2.24, 2.45) is 0 Å². The van der Waals surface area contributed by atoms with Gasteiger partial charge in [-0.25, -0.2) is 0 Å². The van der Waals surface area contributed by atoms with Crippen LogP contribution in [-0.4, -0.2) is 32.1 Å². The molecule has 1 N–H and O–H groups in total. The molecule has 0 bridgehead atoms. The number of methoxy groups -OCH3 is 1. The maximum atomic E-state index is 12.5. The lowest BCUT2D eigenvalue weighted by Crippen LogP contribution is -2.23. The van der Waals surface area contributed by atoms with E-state index in [0.717, 1.165) is 24.2 Å². The number of rotatable bonds is 7. The van der Waals surface area contributed by atoms with Crippen molar-refractivity contribution < 1.29 is 27.8 Å². The second kappa shape index (κ2) is 9.18. The fraction of sp³-hybridized carbons (Fsp3) is 0.238. The highest BCUT2D eigenvalue weighted by molar-refractivity contribution is 6.02. The Kier molecular flexibility index (Phi) is 6.43. The number of nitrogens with zero attached hydrogens (tertiary/aromatic N) is 1. The molecule has 2 aromatic carbocycles. The summed E-state index contributed by atoms with van der Waals surface area (Å²) in [6.07, 6.45) is 4.37. The van der Waals surface area contributed by atoms with Crippen LogP contribution in [0.3, 0.4) is 0 Å². The first-order valence-electron chi connectivity index (χ1n) is 8.98. The molecular formula is C21H20F2N2O4. The van der Waals surface area contributed by atoms with E-state index in [-0.39, 0.29) is 17.4 Å². The molecule has 29 heavy (non-hydrogen) atoms. The van der Waals surface area contributed by atoms with Crippen molar-refractivity contribution in [3.05, 3.63) is 54.1 Å². The molecule has 0 aliphatic carbocycles. The van der Waals surface area contributed by atoms with Gasteiger partial charge in [0.15, 0.2) is 11.5 Å². The van der Waals surface area contributed by atoms with E-state index in [4.69, 9.17) is 4.74 Å². The zero-order valence-electron chi connectivity index (χ0n) is 15.7. The van der Waals surface area contributed by atoms with Gasteiger partial charge in [0, 0.05) is 36.5 Å². The van der Waals surface area contributed by atoms with Crippen LogP contribution in [0, 0.1) is 0 Å². The monoisotopic (exact) mass is 402 g/mol. The number of nitrogens with one attached hydrogen (secondary N) is 1. The Hall–Kier alpha value is -3.42. The van der Waals surface area contributed by atoms with E-state index in [1.165, 1.54) is 31.4 Å². The standard InChI is InChI=1S/C21H20F2N2O4/c1-28-17-10-7-15(13-18(17)29-21(22)23)24-19(26)11-6-14-4-8-16(9-5-14)25-12-2-3-20(25)27/h4-11,13,21H,2-3,12H2,1H3,(H,24,26). The fourth-order valence-electron chi connectivity index (χ4n) is 2.98. The number of hydrogen-bond acceptors (Lipinski definition) is 4. The lowest BCUT2D eigenvalue weighted by atomic mass is 10.2. The Labute approximate surface area is 166 Å². The lowest BCUT2D eigenvalue weighted by molar-refractivity contribution is -0.117. The molecule has 2 aromatic rings. The van der Waals surface area contributed by atoms with Gasteiger partial charge in [0.05, 0.1) is 7.11 Å². The van der Waals surface area contributed by atoms with E-state index in [9.17, 15) is 18.4 Å². The van der Waals surface area contributed by atoms with Gasteiger partial charge in [-0.05, 0) is 42.3 Å². The van der Waals surface area contributed by atoms with Crippen LogP contribution in [-0.2, 0) is 9.59 Å². The van der Waals surface area contributed by atoms with Gasteiger partial charge in [-0.3, -0.25) is 9.59 Å². The van der Waals surface area contributed by atoms with E-state index >= 15 is 0 Å². The number of benzene rings is 2. The smallest absolute Gasteiger partial charge is 0.387 e. The van der Waals surface area contributed by atoms with E-state index in [0.29, 0.717) is 12.1 Å². The number of alkyl halides is 2. The van der Waals surface area contributed by atoms with E-state index < -0.39 is 12.5 Å². The average Bonchev–Trinajstić information content (AvgIpc) is 3.12. The van der Waals surface area contributed by atoms with Gasteiger partial charge in [-0.1, -0.05) is 12.1 Å².